The molecule has 0 fully saturated rings. The second kappa shape index (κ2) is 6.85. The Morgan fingerprint density at radius 3 is 2.81 bits per heavy atom. The number of benzene rings is 1. The minimum absolute atomic E-state index is 0.0725. The number of rotatable bonds is 2. The molecule has 3 heterocycles. The van der Waals surface area contributed by atoms with Crippen molar-refractivity contribution in [3.05, 3.63) is 76.1 Å². The Kier molecular flexibility index (Phi) is 4.18. The van der Waals surface area contributed by atoms with Gasteiger partial charge in [0.1, 0.15) is 17.8 Å². The molecule has 1 aromatic carbocycles. The molecule has 0 aliphatic heterocycles. The highest BCUT2D eigenvalue weighted by atomic mass is 79.9. The highest BCUT2D eigenvalue weighted by molar-refractivity contribution is 9.10. The summed E-state index contributed by atoms with van der Waals surface area (Å²) in [5.41, 5.74) is 6.63. The first kappa shape index (κ1) is 18.9. The Morgan fingerprint density at radius 1 is 1.19 bits per heavy atom. The first-order chi connectivity index (χ1) is 15.1. The number of hydrogen-bond donors (Lipinski definition) is 0. The number of halogens is 1. The molecular formula is C24H22BrN5O. The normalized spacial score (nSPS) is 24.4. The minimum Gasteiger partial charge on any atom is -0.361 e. The first-order valence-corrected chi connectivity index (χ1v) is 11.4. The number of fused-ring (bicyclic) bond motifs is 4. The van der Waals surface area contributed by atoms with Crippen LogP contribution >= 0.6 is 15.9 Å². The summed E-state index contributed by atoms with van der Waals surface area (Å²) < 4.78 is 8.86. The van der Waals surface area contributed by atoms with E-state index < -0.39 is 0 Å². The Hall–Kier alpha value is -2.80. The summed E-state index contributed by atoms with van der Waals surface area (Å²) in [6.45, 7) is 4.67. The molecule has 7 heteroatoms. The molecule has 2 aliphatic rings. The third-order valence-corrected chi connectivity index (χ3v) is 7.72. The van der Waals surface area contributed by atoms with Crippen LogP contribution in [0.4, 0.5) is 0 Å². The fourth-order valence-electron chi connectivity index (χ4n) is 5.85. The topological polar surface area (TPSA) is 69.6 Å². The van der Waals surface area contributed by atoms with Crippen LogP contribution in [-0.2, 0) is 18.3 Å². The SMILES string of the molecule is C[C@H]1c2oncc2C[C@@]2(C)c3c(c(-c4ccncn4)nn3-c3ccc(Br)cc3)CC[C@H]12. The number of nitrogens with zero attached hydrogens (tertiary/aromatic N) is 5. The zero-order chi connectivity index (χ0) is 21.2. The molecule has 3 aromatic heterocycles. The molecule has 156 valence electrons. The maximum Gasteiger partial charge on any atom is 0.143 e. The van der Waals surface area contributed by atoms with E-state index in [9.17, 15) is 0 Å². The highest BCUT2D eigenvalue weighted by Crippen LogP contribution is 2.55. The van der Waals surface area contributed by atoms with E-state index in [4.69, 9.17) is 9.62 Å². The Labute approximate surface area is 188 Å². The van der Waals surface area contributed by atoms with Crippen LogP contribution in [0, 0.1) is 5.92 Å². The molecule has 0 amide bonds. The Morgan fingerprint density at radius 2 is 2.03 bits per heavy atom. The Balaban J connectivity index is 1.61. The van der Waals surface area contributed by atoms with Crippen LogP contribution in [0.25, 0.3) is 17.1 Å². The van der Waals surface area contributed by atoms with E-state index in [0.717, 1.165) is 46.6 Å². The van der Waals surface area contributed by atoms with Crippen molar-refractivity contribution in [2.45, 2.75) is 44.4 Å². The third-order valence-electron chi connectivity index (χ3n) is 7.19. The molecular weight excluding hydrogens is 454 g/mol. The summed E-state index contributed by atoms with van der Waals surface area (Å²) in [7, 11) is 0. The van der Waals surface area contributed by atoms with Crippen molar-refractivity contribution < 1.29 is 4.52 Å². The van der Waals surface area contributed by atoms with Crippen molar-refractivity contribution in [2.24, 2.45) is 5.92 Å². The minimum atomic E-state index is -0.0725. The number of aromatic nitrogens is 5. The molecule has 0 saturated carbocycles. The van der Waals surface area contributed by atoms with Gasteiger partial charge in [0.2, 0.25) is 0 Å². The predicted molar refractivity (Wildman–Crippen MR) is 120 cm³/mol. The van der Waals surface area contributed by atoms with Crippen LogP contribution in [0.1, 0.15) is 48.8 Å². The second-order valence-corrected chi connectivity index (χ2v) is 9.82. The molecule has 0 saturated heterocycles. The molecule has 0 N–H and O–H groups in total. The quantitative estimate of drug-likeness (QED) is 0.395. The van der Waals surface area contributed by atoms with Crippen molar-refractivity contribution in [1.29, 1.82) is 0 Å². The first-order valence-electron chi connectivity index (χ1n) is 10.6. The van der Waals surface area contributed by atoms with E-state index in [-0.39, 0.29) is 5.41 Å². The van der Waals surface area contributed by atoms with E-state index in [1.165, 1.54) is 16.8 Å². The molecule has 3 atom stereocenters. The van der Waals surface area contributed by atoms with Crippen molar-refractivity contribution >= 4 is 15.9 Å². The van der Waals surface area contributed by atoms with Gasteiger partial charge in [-0.25, -0.2) is 14.6 Å². The lowest BCUT2D eigenvalue weighted by Crippen LogP contribution is -2.45. The lowest BCUT2D eigenvalue weighted by Gasteiger charge is -2.47. The average Bonchev–Trinajstić information content (AvgIpc) is 3.40. The zero-order valence-electron chi connectivity index (χ0n) is 17.4. The van der Waals surface area contributed by atoms with Crippen LogP contribution in [-0.4, -0.2) is 24.9 Å². The molecule has 2 aliphatic carbocycles. The van der Waals surface area contributed by atoms with E-state index in [1.807, 2.05) is 12.3 Å². The zero-order valence-corrected chi connectivity index (χ0v) is 19.0. The van der Waals surface area contributed by atoms with E-state index in [2.05, 4.69) is 73.8 Å². The van der Waals surface area contributed by atoms with Crippen LogP contribution in [0.2, 0.25) is 0 Å². The van der Waals surface area contributed by atoms with Gasteiger partial charge in [0.25, 0.3) is 0 Å². The summed E-state index contributed by atoms with van der Waals surface area (Å²) in [4.78, 5) is 8.63. The van der Waals surface area contributed by atoms with Gasteiger partial charge in [0.15, 0.2) is 0 Å². The van der Waals surface area contributed by atoms with Gasteiger partial charge in [0.05, 0.1) is 23.3 Å². The molecule has 0 radical (unpaired) electrons. The summed E-state index contributed by atoms with van der Waals surface area (Å²) in [5, 5.41) is 9.26. The summed E-state index contributed by atoms with van der Waals surface area (Å²) in [6, 6.07) is 10.3. The van der Waals surface area contributed by atoms with Crippen molar-refractivity contribution in [3.63, 3.8) is 0 Å². The molecule has 0 bridgehead atoms. The van der Waals surface area contributed by atoms with E-state index in [0.29, 0.717) is 11.8 Å². The monoisotopic (exact) mass is 475 g/mol. The molecule has 0 spiro atoms. The van der Waals surface area contributed by atoms with Crippen LogP contribution in [0.15, 0.2) is 58.0 Å². The summed E-state index contributed by atoms with van der Waals surface area (Å²) >= 11 is 3.56. The van der Waals surface area contributed by atoms with Gasteiger partial charge in [-0.15, -0.1) is 0 Å². The van der Waals surface area contributed by atoms with Crippen LogP contribution < -0.4 is 0 Å². The molecule has 4 aromatic rings. The smallest absolute Gasteiger partial charge is 0.143 e. The standard InChI is InChI=1S/C24H22BrN5O/c1-14-19-8-7-18-21(20-9-10-26-13-27-20)29-30(17-5-3-16(25)4-6-17)23(18)24(19,2)11-15-12-28-31-22(14)15/h3-6,9-10,12-14,19H,7-8,11H2,1-2H3/t14-,19-,24-/m1/s1. The van der Waals surface area contributed by atoms with Gasteiger partial charge in [-0.2, -0.15) is 5.10 Å². The second-order valence-electron chi connectivity index (χ2n) is 8.90. The third kappa shape index (κ3) is 2.75. The van der Waals surface area contributed by atoms with Crippen LogP contribution in [0.3, 0.4) is 0 Å². The lowest BCUT2D eigenvalue weighted by molar-refractivity contribution is 0.170. The maximum atomic E-state index is 5.66. The fraction of sp³-hybridized carbons (Fsp3) is 0.333. The largest absolute Gasteiger partial charge is 0.361 e. The van der Waals surface area contributed by atoms with Crippen LogP contribution in [0.5, 0.6) is 0 Å². The van der Waals surface area contributed by atoms with Gasteiger partial charge < -0.3 is 4.52 Å². The van der Waals surface area contributed by atoms with Gasteiger partial charge in [0, 0.05) is 33.1 Å². The van der Waals surface area contributed by atoms with Gasteiger partial charge in [-0.1, -0.05) is 34.9 Å². The molecule has 0 unspecified atom stereocenters. The highest BCUT2D eigenvalue weighted by Gasteiger charge is 2.51. The maximum absolute atomic E-state index is 5.66. The summed E-state index contributed by atoms with van der Waals surface area (Å²) in [5.74, 6) is 1.83. The lowest BCUT2D eigenvalue weighted by atomic mass is 9.56. The summed E-state index contributed by atoms with van der Waals surface area (Å²) in [6.07, 6.45) is 8.24. The molecule has 6 nitrogen and oxygen atoms in total. The van der Waals surface area contributed by atoms with Gasteiger partial charge >= 0.3 is 0 Å². The predicted octanol–water partition coefficient (Wildman–Crippen LogP) is 5.26. The van der Waals surface area contributed by atoms with Crippen molar-refractivity contribution in [2.75, 3.05) is 0 Å². The Bertz CT molecular complexity index is 1260. The molecule has 31 heavy (non-hydrogen) atoms. The van der Waals surface area contributed by atoms with Gasteiger partial charge in [-0.05, 0) is 55.5 Å². The average molecular weight is 476 g/mol. The van der Waals surface area contributed by atoms with Crippen molar-refractivity contribution in [3.8, 4) is 17.1 Å². The molecule has 6 rings (SSSR count). The fourth-order valence-corrected chi connectivity index (χ4v) is 6.11. The van der Waals surface area contributed by atoms with Gasteiger partial charge in [-0.3, -0.25) is 0 Å². The number of hydrogen-bond acceptors (Lipinski definition) is 5. The van der Waals surface area contributed by atoms with Crippen molar-refractivity contribution in [1.82, 2.24) is 24.9 Å². The van der Waals surface area contributed by atoms with E-state index >= 15 is 0 Å². The van der Waals surface area contributed by atoms with E-state index in [1.54, 1.807) is 12.5 Å².